The summed E-state index contributed by atoms with van der Waals surface area (Å²) in [6.45, 7) is 6.95. The zero-order valence-corrected chi connectivity index (χ0v) is 18.9. The summed E-state index contributed by atoms with van der Waals surface area (Å²) in [5, 5.41) is 3.63. The van der Waals surface area contributed by atoms with Crippen LogP contribution in [0, 0.1) is 0 Å². The maximum atomic E-state index is 13.2. The second-order valence-electron chi connectivity index (χ2n) is 7.70. The van der Waals surface area contributed by atoms with Crippen LogP contribution in [0.3, 0.4) is 0 Å². The lowest BCUT2D eigenvalue weighted by molar-refractivity contribution is -0.114. The lowest BCUT2D eigenvalue weighted by Gasteiger charge is -2.18. The van der Waals surface area contributed by atoms with Crippen molar-refractivity contribution >= 4 is 22.5 Å². The van der Waals surface area contributed by atoms with Gasteiger partial charge in [-0.2, -0.15) is 0 Å². The lowest BCUT2D eigenvalue weighted by atomic mass is 10.1. The molecule has 1 aromatic carbocycles. The fourth-order valence-corrected chi connectivity index (χ4v) is 3.62. The highest BCUT2D eigenvalue weighted by molar-refractivity contribution is 5.94. The largest absolute Gasteiger partial charge is 0.489 e. The molecule has 6 heteroatoms. The van der Waals surface area contributed by atoms with Crippen molar-refractivity contribution in [2.45, 2.75) is 78.7 Å². The molecule has 0 spiro atoms. The first-order valence-corrected chi connectivity index (χ1v) is 11.2. The molecule has 2 aromatic rings. The van der Waals surface area contributed by atoms with Crippen LogP contribution >= 0.6 is 0 Å². The van der Waals surface area contributed by atoms with Crippen molar-refractivity contribution in [1.29, 1.82) is 0 Å². The van der Waals surface area contributed by atoms with E-state index in [0.717, 1.165) is 55.8 Å². The number of nitrogens with one attached hydrogen (secondary N) is 1. The second-order valence-corrected chi connectivity index (χ2v) is 7.70. The topological polar surface area (TPSA) is 69.6 Å². The van der Waals surface area contributed by atoms with Crippen LogP contribution in [-0.2, 0) is 11.3 Å². The smallest absolute Gasteiger partial charge is 0.297 e. The Morgan fingerprint density at radius 2 is 1.70 bits per heavy atom. The first-order chi connectivity index (χ1) is 14.5. The maximum Gasteiger partial charge on any atom is 0.297 e. The van der Waals surface area contributed by atoms with Gasteiger partial charge in [0, 0.05) is 24.5 Å². The highest BCUT2D eigenvalue weighted by Crippen LogP contribution is 2.34. The van der Waals surface area contributed by atoms with Crippen molar-refractivity contribution < 1.29 is 14.3 Å². The Morgan fingerprint density at radius 1 is 1.00 bits per heavy atom. The van der Waals surface area contributed by atoms with E-state index in [9.17, 15) is 9.59 Å². The molecule has 0 bridgehead atoms. The van der Waals surface area contributed by atoms with Crippen LogP contribution < -0.4 is 20.3 Å². The Balaban J connectivity index is 2.48. The Labute approximate surface area is 179 Å². The van der Waals surface area contributed by atoms with E-state index in [-0.39, 0.29) is 17.2 Å². The summed E-state index contributed by atoms with van der Waals surface area (Å²) in [7, 11) is 1.51. The predicted molar refractivity (Wildman–Crippen MR) is 123 cm³/mol. The Bertz CT molecular complexity index is 889. The molecule has 0 atom stereocenters. The monoisotopic (exact) mass is 416 g/mol. The van der Waals surface area contributed by atoms with E-state index < -0.39 is 0 Å². The van der Waals surface area contributed by atoms with Crippen LogP contribution in [-0.4, -0.2) is 24.2 Å². The van der Waals surface area contributed by atoms with Gasteiger partial charge in [-0.15, -0.1) is 0 Å². The summed E-state index contributed by atoms with van der Waals surface area (Å²) < 4.78 is 13.3. The van der Waals surface area contributed by atoms with Crippen molar-refractivity contribution in [1.82, 2.24) is 4.57 Å². The third-order valence-corrected chi connectivity index (χ3v) is 5.18. The zero-order chi connectivity index (χ0) is 21.9. The van der Waals surface area contributed by atoms with Gasteiger partial charge >= 0.3 is 0 Å². The minimum Gasteiger partial charge on any atom is -0.489 e. The number of hydrogen-bond donors (Lipinski definition) is 1. The number of pyridine rings is 1. The zero-order valence-electron chi connectivity index (χ0n) is 18.9. The van der Waals surface area contributed by atoms with Gasteiger partial charge in [-0.25, -0.2) is 0 Å². The number of hydrogen-bond acceptors (Lipinski definition) is 4. The van der Waals surface area contributed by atoms with E-state index in [2.05, 4.69) is 19.2 Å². The molecule has 1 amide bonds. The highest BCUT2D eigenvalue weighted by Gasteiger charge is 2.19. The van der Waals surface area contributed by atoms with Crippen LogP contribution in [0.4, 0.5) is 5.69 Å². The number of anilines is 1. The van der Waals surface area contributed by atoms with E-state index in [1.54, 1.807) is 4.57 Å². The van der Waals surface area contributed by atoms with E-state index >= 15 is 0 Å². The van der Waals surface area contributed by atoms with E-state index in [4.69, 9.17) is 9.47 Å². The van der Waals surface area contributed by atoms with Gasteiger partial charge in [0.1, 0.15) is 0 Å². The Kier molecular flexibility index (Phi) is 9.71. The molecule has 0 radical (unpaired) electrons. The molecule has 30 heavy (non-hydrogen) atoms. The second kappa shape index (κ2) is 12.3. The van der Waals surface area contributed by atoms with Crippen LogP contribution in [0.2, 0.25) is 0 Å². The van der Waals surface area contributed by atoms with Gasteiger partial charge in [-0.05, 0) is 31.0 Å². The number of aryl methyl sites for hydroxylation is 1. The average Bonchev–Trinajstić information content (AvgIpc) is 2.72. The van der Waals surface area contributed by atoms with E-state index in [1.807, 2.05) is 18.2 Å². The van der Waals surface area contributed by atoms with Gasteiger partial charge in [-0.3, -0.25) is 9.59 Å². The number of carbonyl (C=O) groups excluding carboxylic acids is 1. The average molecular weight is 417 g/mol. The van der Waals surface area contributed by atoms with Crippen molar-refractivity contribution in [2.75, 3.05) is 19.0 Å². The van der Waals surface area contributed by atoms with Gasteiger partial charge < -0.3 is 19.4 Å². The van der Waals surface area contributed by atoms with Crippen molar-refractivity contribution in [3.63, 3.8) is 0 Å². The van der Waals surface area contributed by atoms with E-state index in [1.165, 1.54) is 20.5 Å². The summed E-state index contributed by atoms with van der Waals surface area (Å²) in [6.07, 6.45) is 8.60. The Morgan fingerprint density at radius 3 is 2.33 bits per heavy atom. The number of methoxy groups -OCH3 is 1. The molecule has 0 aliphatic rings. The van der Waals surface area contributed by atoms with Gasteiger partial charge in [0.2, 0.25) is 11.7 Å². The number of unbranched alkanes of at least 4 members (excludes halogenated alkanes) is 6. The summed E-state index contributed by atoms with van der Waals surface area (Å²) in [5.74, 6) is 0.598. The van der Waals surface area contributed by atoms with E-state index in [0.29, 0.717) is 24.6 Å². The number of rotatable bonds is 13. The number of benzene rings is 1. The first kappa shape index (κ1) is 23.8. The highest BCUT2D eigenvalue weighted by atomic mass is 16.5. The summed E-state index contributed by atoms with van der Waals surface area (Å²) in [4.78, 5) is 24.8. The predicted octanol–water partition coefficient (Wildman–Crippen LogP) is 5.51. The van der Waals surface area contributed by atoms with Crippen molar-refractivity contribution in [3.05, 3.63) is 28.6 Å². The minimum atomic E-state index is -0.190. The summed E-state index contributed by atoms with van der Waals surface area (Å²) in [5.41, 5.74) is 1.23. The van der Waals surface area contributed by atoms with Crippen molar-refractivity contribution in [2.24, 2.45) is 0 Å². The lowest BCUT2D eigenvalue weighted by Crippen LogP contribution is -2.23. The van der Waals surface area contributed by atoms with Crippen LogP contribution in [0.1, 0.15) is 72.1 Å². The Hall–Kier alpha value is -2.50. The third kappa shape index (κ3) is 6.25. The molecule has 2 rings (SSSR count). The van der Waals surface area contributed by atoms with Gasteiger partial charge in [0.15, 0.2) is 5.75 Å². The number of aromatic nitrogens is 1. The number of ether oxygens (including phenoxy) is 2. The first-order valence-electron chi connectivity index (χ1n) is 11.2. The molecule has 1 heterocycles. The molecule has 1 aromatic heterocycles. The number of nitrogens with zero attached hydrogens (tertiary/aromatic N) is 1. The standard InChI is InChI=1S/C24H36N2O4/c1-5-7-9-11-15-26-21-17-19(25-18(3)27)13-14-20(21)22(23(29-4)24(26)28)30-16-12-10-8-6-2/h13-14,17H,5-12,15-16H2,1-4H3,(H,25,27). The van der Waals surface area contributed by atoms with Crippen LogP contribution in [0.25, 0.3) is 10.9 Å². The number of amides is 1. The number of carbonyl (C=O) groups is 1. The molecule has 0 aliphatic heterocycles. The van der Waals surface area contributed by atoms with Crippen LogP contribution in [0.15, 0.2) is 23.0 Å². The summed E-state index contributed by atoms with van der Waals surface area (Å²) in [6, 6.07) is 5.58. The van der Waals surface area contributed by atoms with Gasteiger partial charge in [0.05, 0.1) is 19.2 Å². The summed E-state index contributed by atoms with van der Waals surface area (Å²) >= 11 is 0. The molecule has 0 fully saturated rings. The fourth-order valence-electron chi connectivity index (χ4n) is 3.62. The molecule has 6 nitrogen and oxygen atoms in total. The molecule has 0 unspecified atom stereocenters. The van der Waals surface area contributed by atoms with Gasteiger partial charge in [-0.1, -0.05) is 52.4 Å². The normalized spacial score (nSPS) is 10.9. The minimum absolute atomic E-state index is 0.146. The maximum absolute atomic E-state index is 13.2. The molecule has 0 saturated heterocycles. The van der Waals surface area contributed by atoms with Gasteiger partial charge in [0.25, 0.3) is 5.56 Å². The SMILES string of the molecule is CCCCCCOc1c(OC)c(=O)n(CCCCCC)c2cc(NC(C)=O)ccc12. The fraction of sp³-hybridized carbons (Fsp3) is 0.583. The van der Waals surface area contributed by atoms with Crippen molar-refractivity contribution in [3.8, 4) is 11.5 Å². The molecule has 0 aliphatic carbocycles. The molecular formula is C24H36N2O4. The van der Waals surface area contributed by atoms with Crippen LogP contribution in [0.5, 0.6) is 11.5 Å². The number of fused-ring (bicyclic) bond motifs is 1. The molecule has 166 valence electrons. The quantitative estimate of drug-likeness (QED) is 0.437. The molecule has 0 saturated carbocycles. The molecule has 1 N–H and O–H groups in total. The molecular weight excluding hydrogens is 380 g/mol. The third-order valence-electron chi connectivity index (χ3n) is 5.18.